The van der Waals surface area contributed by atoms with Crippen molar-refractivity contribution in [1.82, 2.24) is 4.57 Å². The van der Waals surface area contributed by atoms with Crippen molar-refractivity contribution in [3.05, 3.63) is 70.4 Å². The first kappa shape index (κ1) is 26.8. The van der Waals surface area contributed by atoms with E-state index in [0.29, 0.717) is 11.0 Å². The number of fused-ring (bicyclic) bond motifs is 4. The van der Waals surface area contributed by atoms with Crippen molar-refractivity contribution in [3.8, 4) is 22.4 Å². The number of aryl methyl sites for hydroxylation is 1. The van der Waals surface area contributed by atoms with Gasteiger partial charge in [-0.1, -0.05) is 45.9 Å². The predicted molar refractivity (Wildman–Crippen MR) is 170 cm³/mol. The molecule has 6 aliphatic rings. The standard InChI is InChI=1S/C39H47NO2/c1-37(2)12-13-38(3,4)34-18-31-29(17-33(34)37)10-11-30-32(27-6-8-28(9-7-27)36(41)42-5)22-40(35(30)31)23-39-19-24-14-25(20-39)16-26(15-24)21-39/h6-9,17-18,22,24-26H,10-16,19-21,23H2,1-5H3. The zero-order chi connectivity index (χ0) is 29.0. The van der Waals surface area contributed by atoms with Crippen LogP contribution in [0.2, 0.25) is 0 Å². The molecular weight excluding hydrogens is 514 g/mol. The first-order valence-electron chi connectivity index (χ1n) is 16.6. The summed E-state index contributed by atoms with van der Waals surface area (Å²) in [5.74, 6) is 2.59. The number of rotatable bonds is 4. The van der Waals surface area contributed by atoms with Crippen LogP contribution in [0.5, 0.6) is 0 Å². The third-order valence-electron chi connectivity index (χ3n) is 12.4. The van der Waals surface area contributed by atoms with Gasteiger partial charge in [0.15, 0.2) is 0 Å². The average Bonchev–Trinajstić information content (AvgIpc) is 3.32. The van der Waals surface area contributed by atoms with Crippen LogP contribution in [0.25, 0.3) is 22.4 Å². The molecule has 3 heteroatoms. The number of esters is 1. The minimum absolute atomic E-state index is 0.196. The van der Waals surface area contributed by atoms with E-state index in [-0.39, 0.29) is 16.8 Å². The topological polar surface area (TPSA) is 31.2 Å². The quantitative estimate of drug-likeness (QED) is 0.297. The minimum atomic E-state index is -0.271. The Morgan fingerprint density at radius 3 is 2.02 bits per heavy atom. The Morgan fingerprint density at radius 1 is 0.833 bits per heavy atom. The lowest BCUT2D eigenvalue weighted by Crippen LogP contribution is -2.47. The van der Waals surface area contributed by atoms with E-state index in [1.54, 1.807) is 16.7 Å². The number of hydrogen-bond acceptors (Lipinski definition) is 2. The predicted octanol–water partition coefficient (Wildman–Crippen LogP) is 9.27. The summed E-state index contributed by atoms with van der Waals surface area (Å²) in [6.45, 7) is 11.0. The second-order valence-corrected chi connectivity index (χ2v) is 16.3. The minimum Gasteiger partial charge on any atom is -0.465 e. The number of carbonyl (C=O) groups excluding carboxylic acids is 1. The lowest BCUT2D eigenvalue weighted by Gasteiger charge is -2.57. The van der Waals surface area contributed by atoms with Gasteiger partial charge in [-0.05, 0) is 144 Å². The van der Waals surface area contributed by atoms with Gasteiger partial charge in [0, 0.05) is 23.9 Å². The van der Waals surface area contributed by atoms with Gasteiger partial charge in [-0.2, -0.15) is 0 Å². The van der Waals surface area contributed by atoms with Crippen LogP contribution in [0.15, 0.2) is 42.6 Å². The SMILES string of the molecule is COC(=O)c1ccc(-c2cn(CC34CC5CC(CC(C5)C3)C4)c3c2CCc2cc4c(cc2-3)C(C)(C)CCC4(C)C)cc1. The van der Waals surface area contributed by atoms with Gasteiger partial charge in [0.05, 0.1) is 18.4 Å². The molecule has 0 atom stereocenters. The molecule has 0 N–H and O–H groups in total. The normalized spacial score (nSPS) is 29.5. The van der Waals surface area contributed by atoms with Crippen LogP contribution in [0.1, 0.15) is 112 Å². The van der Waals surface area contributed by atoms with Gasteiger partial charge in [-0.25, -0.2) is 4.79 Å². The third-order valence-corrected chi connectivity index (χ3v) is 12.4. The maximum atomic E-state index is 12.2. The average molecular weight is 562 g/mol. The van der Waals surface area contributed by atoms with Crippen molar-refractivity contribution in [3.63, 3.8) is 0 Å². The first-order valence-corrected chi connectivity index (χ1v) is 16.6. The third kappa shape index (κ3) is 4.09. The summed E-state index contributed by atoms with van der Waals surface area (Å²) in [5.41, 5.74) is 13.2. The molecule has 0 amide bonds. The lowest BCUT2D eigenvalue weighted by molar-refractivity contribution is -0.0616. The highest BCUT2D eigenvalue weighted by Crippen LogP contribution is 2.61. The van der Waals surface area contributed by atoms with Crippen molar-refractivity contribution < 1.29 is 9.53 Å². The van der Waals surface area contributed by atoms with E-state index in [9.17, 15) is 4.79 Å². The highest BCUT2D eigenvalue weighted by Gasteiger charge is 2.51. The van der Waals surface area contributed by atoms with Gasteiger partial charge in [0.1, 0.15) is 0 Å². The molecule has 0 aliphatic heterocycles. The number of carbonyl (C=O) groups is 1. The van der Waals surface area contributed by atoms with Gasteiger partial charge in [0.2, 0.25) is 0 Å². The van der Waals surface area contributed by atoms with Gasteiger partial charge in [-0.3, -0.25) is 0 Å². The van der Waals surface area contributed by atoms with Crippen molar-refractivity contribution in [2.45, 2.75) is 109 Å². The molecule has 3 aromatic rings. The molecule has 4 bridgehead atoms. The second-order valence-electron chi connectivity index (χ2n) is 16.3. The summed E-state index contributed by atoms with van der Waals surface area (Å²) >= 11 is 0. The Bertz CT molecular complexity index is 1550. The van der Waals surface area contributed by atoms with Gasteiger partial charge < -0.3 is 9.30 Å². The molecule has 1 aromatic heterocycles. The van der Waals surface area contributed by atoms with E-state index < -0.39 is 0 Å². The van der Waals surface area contributed by atoms with Crippen LogP contribution in [0, 0.1) is 23.2 Å². The number of benzene rings is 2. The highest BCUT2D eigenvalue weighted by molar-refractivity contribution is 5.90. The Kier molecular flexibility index (Phi) is 5.80. The number of nitrogens with zero attached hydrogens (tertiary/aromatic N) is 1. The maximum absolute atomic E-state index is 12.2. The van der Waals surface area contributed by atoms with Crippen molar-refractivity contribution in [1.29, 1.82) is 0 Å². The molecule has 0 saturated heterocycles. The smallest absolute Gasteiger partial charge is 0.337 e. The number of hydrogen-bond donors (Lipinski definition) is 0. The summed E-state index contributed by atoms with van der Waals surface area (Å²) < 4.78 is 7.70. The van der Waals surface area contributed by atoms with E-state index in [1.807, 2.05) is 12.1 Å². The van der Waals surface area contributed by atoms with E-state index in [1.165, 1.54) is 86.4 Å². The largest absolute Gasteiger partial charge is 0.465 e. The van der Waals surface area contributed by atoms with Gasteiger partial charge in [-0.15, -0.1) is 0 Å². The number of methoxy groups -OCH3 is 1. The molecule has 4 fully saturated rings. The second kappa shape index (κ2) is 9.10. The summed E-state index contributed by atoms with van der Waals surface area (Å²) in [4.78, 5) is 12.2. The molecule has 42 heavy (non-hydrogen) atoms. The Labute approximate surface area is 252 Å². The zero-order valence-corrected chi connectivity index (χ0v) is 26.3. The first-order chi connectivity index (χ1) is 20.0. The number of ether oxygens (including phenoxy) is 1. The molecule has 6 aliphatic carbocycles. The fourth-order valence-corrected chi connectivity index (χ4v) is 10.6. The van der Waals surface area contributed by atoms with Crippen LogP contribution in [-0.2, 0) is 35.0 Å². The summed E-state index contributed by atoms with van der Waals surface area (Å²) in [7, 11) is 1.45. The number of aromatic nitrogens is 1. The summed E-state index contributed by atoms with van der Waals surface area (Å²) in [6.07, 6.45) is 15.9. The van der Waals surface area contributed by atoms with E-state index >= 15 is 0 Å². The maximum Gasteiger partial charge on any atom is 0.337 e. The molecule has 0 unspecified atom stereocenters. The van der Waals surface area contributed by atoms with Gasteiger partial charge >= 0.3 is 5.97 Å². The molecule has 3 nitrogen and oxygen atoms in total. The molecular formula is C39H47NO2. The fourth-order valence-electron chi connectivity index (χ4n) is 10.6. The van der Waals surface area contributed by atoms with Crippen LogP contribution in [0.4, 0.5) is 0 Å². The molecule has 9 rings (SSSR count). The lowest BCUT2D eigenvalue weighted by atomic mass is 9.49. The Morgan fingerprint density at radius 2 is 1.43 bits per heavy atom. The molecule has 0 spiro atoms. The molecule has 0 radical (unpaired) electrons. The molecule has 220 valence electrons. The zero-order valence-electron chi connectivity index (χ0n) is 26.3. The monoisotopic (exact) mass is 561 g/mol. The van der Waals surface area contributed by atoms with Crippen LogP contribution in [-0.4, -0.2) is 17.6 Å². The van der Waals surface area contributed by atoms with E-state index in [0.717, 1.165) is 37.1 Å². The van der Waals surface area contributed by atoms with Crippen molar-refractivity contribution in [2.24, 2.45) is 23.2 Å². The van der Waals surface area contributed by atoms with E-state index in [4.69, 9.17) is 4.74 Å². The molecule has 1 heterocycles. The van der Waals surface area contributed by atoms with Crippen LogP contribution >= 0.6 is 0 Å². The highest BCUT2D eigenvalue weighted by atomic mass is 16.5. The van der Waals surface area contributed by atoms with Crippen LogP contribution < -0.4 is 0 Å². The molecule has 4 saturated carbocycles. The Hall–Kier alpha value is -2.81. The fraction of sp³-hybridized carbons (Fsp3) is 0.564. The van der Waals surface area contributed by atoms with Crippen molar-refractivity contribution >= 4 is 5.97 Å². The van der Waals surface area contributed by atoms with E-state index in [2.05, 4.69) is 62.7 Å². The molecule has 2 aromatic carbocycles. The van der Waals surface area contributed by atoms with Crippen LogP contribution in [0.3, 0.4) is 0 Å². The summed E-state index contributed by atoms with van der Waals surface area (Å²) in [5, 5.41) is 0. The summed E-state index contributed by atoms with van der Waals surface area (Å²) in [6, 6.07) is 13.4. The van der Waals surface area contributed by atoms with Crippen molar-refractivity contribution in [2.75, 3.05) is 7.11 Å². The van der Waals surface area contributed by atoms with Gasteiger partial charge in [0.25, 0.3) is 0 Å². The Balaban J connectivity index is 1.29.